The van der Waals surface area contributed by atoms with E-state index >= 15 is 0 Å². The van der Waals surface area contributed by atoms with Gasteiger partial charge in [0.15, 0.2) is 0 Å². The molecule has 1 aliphatic rings. The van der Waals surface area contributed by atoms with Gasteiger partial charge in [0.25, 0.3) is 0 Å². The second-order valence-electron chi connectivity index (χ2n) is 6.51. The van der Waals surface area contributed by atoms with E-state index in [1.54, 1.807) is 0 Å². The fraction of sp³-hybridized carbons (Fsp3) is 0.529. The Kier molecular flexibility index (Phi) is 5.92. The molecule has 1 aromatic rings. The summed E-state index contributed by atoms with van der Waals surface area (Å²) in [5, 5.41) is 3.50. The summed E-state index contributed by atoms with van der Waals surface area (Å²) >= 11 is 7.28. The Labute approximate surface area is 144 Å². The monoisotopic (exact) mass is 415 g/mol. The molecule has 0 heterocycles. The van der Waals surface area contributed by atoms with Gasteiger partial charge < -0.3 is 10.1 Å². The van der Waals surface area contributed by atoms with E-state index in [-0.39, 0.29) is 11.6 Å². The molecule has 116 valence electrons. The minimum Gasteiger partial charge on any atom is -0.484 e. The van der Waals surface area contributed by atoms with Gasteiger partial charge >= 0.3 is 0 Å². The first kappa shape index (κ1) is 17.0. The van der Waals surface area contributed by atoms with Crippen molar-refractivity contribution in [2.24, 2.45) is 0 Å². The predicted octanol–water partition coefficient (Wildman–Crippen LogP) is 5.59. The maximum atomic E-state index is 6.12. The van der Waals surface area contributed by atoms with Crippen LogP contribution in [0.3, 0.4) is 0 Å². The summed E-state index contributed by atoms with van der Waals surface area (Å²) in [5.41, 5.74) is 1.34. The van der Waals surface area contributed by atoms with E-state index in [1.165, 1.54) is 18.4 Å². The molecule has 4 heteroatoms. The first-order chi connectivity index (χ1) is 9.85. The van der Waals surface area contributed by atoms with Crippen LogP contribution in [0, 0.1) is 0 Å². The Bertz CT molecular complexity index is 497. The topological polar surface area (TPSA) is 21.3 Å². The molecule has 1 N–H and O–H groups in total. The Morgan fingerprint density at radius 3 is 2.43 bits per heavy atom. The van der Waals surface area contributed by atoms with Crippen LogP contribution in [-0.4, -0.2) is 11.6 Å². The van der Waals surface area contributed by atoms with E-state index in [0.717, 1.165) is 27.7 Å². The Morgan fingerprint density at radius 2 is 1.90 bits per heavy atom. The molecule has 1 aliphatic carbocycles. The van der Waals surface area contributed by atoms with Gasteiger partial charge in [0.2, 0.25) is 0 Å². The third-order valence-electron chi connectivity index (χ3n) is 3.36. The number of hydrogen-bond acceptors (Lipinski definition) is 2. The Morgan fingerprint density at radius 1 is 1.24 bits per heavy atom. The maximum absolute atomic E-state index is 6.12. The average molecular weight is 417 g/mol. The van der Waals surface area contributed by atoms with Crippen LogP contribution in [0.15, 0.2) is 33.2 Å². The van der Waals surface area contributed by atoms with Crippen molar-refractivity contribution in [3.63, 3.8) is 0 Å². The van der Waals surface area contributed by atoms with Gasteiger partial charge in [-0.1, -0.05) is 6.08 Å². The van der Waals surface area contributed by atoms with E-state index < -0.39 is 0 Å². The summed E-state index contributed by atoms with van der Waals surface area (Å²) in [5.74, 6) is 0.894. The molecular weight excluding hydrogens is 394 g/mol. The van der Waals surface area contributed by atoms with Crippen LogP contribution < -0.4 is 10.1 Å². The number of rotatable bonds is 4. The Hall–Kier alpha value is -0.320. The number of nitrogens with one attached hydrogen (secondary N) is 1. The van der Waals surface area contributed by atoms with Crippen molar-refractivity contribution in [1.29, 1.82) is 0 Å². The van der Waals surface area contributed by atoms with Gasteiger partial charge in [-0.3, -0.25) is 0 Å². The highest BCUT2D eigenvalue weighted by molar-refractivity contribution is 9.11. The highest BCUT2D eigenvalue weighted by Gasteiger charge is 2.16. The lowest BCUT2D eigenvalue weighted by Crippen LogP contribution is -2.35. The number of allylic oxidation sites excluding steroid dienone is 1. The summed E-state index contributed by atoms with van der Waals surface area (Å²) in [6.07, 6.45) is 8.01. The second-order valence-corrected chi connectivity index (χ2v) is 8.22. The summed E-state index contributed by atoms with van der Waals surface area (Å²) < 4.78 is 8.12. The van der Waals surface area contributed by atoms with Crippen LogP contribution >= 0.6 is 31.9 Å². The van der Waals surface area contributed by atoms with E-state index in [1.807, 2.05) is 0 Å². The molecule has 0 radical (unpaired) electrons. The van der Waals surface area contributed by atoms with Crippen molar-refractivity contribution in [3.8, 4) is 5.75 Å². The molecule has 0 spiro atoms. The zero-order valence-electron chi connectivity index (χ0n) is 12.9. The normalized spacial score (nSPS) is 18.8. The van der Waals surface area contributed by atoms with Crippen LogP contribution in [0.1, 0.15) is 45.6 Å². The fourth-order valence-corrected chi connectivity index (χ4v) is 3.69. The van der Waals surface area contributed by atoms with Crippen LogP contribution in [0.4, 0.5) is 0 Å². The number of halogens is 2. The molecule has 2 rings (SSSR count). The summed E-state index contributed by atoms with van der Waals surface area (Å²) in [7, 11) is 0. The third-order valence-corrected chi connectivity index (χ3v) is 4.54. The number of ether oxygens (including phenoxy) is 1. The zero-order chi connectivity index (χ0) is 15.5. The lowest BCUT2D eigenvalue weighted by molar-refractivity contribution is 0.227. The van der Waals surface area contributed by atoms with Gasteiger partial charge in [-0.15, -0.1) is 0 Å². The molecule has 0 saturated heterocycles. The largest absolute Gasteiger partial charge is 0.484 e. The van der Waals surface area contributed by atoms with E-state index in [0.29, 0.717) is 0 Å². The average Bonchev–Trinajstić information content (AvgIpc) is 2.41. The zero-order valence-corrected chi connectivity index (χ0v) is 16.1. The molecule has 0 amide bonds. The molecule has 0 fully saturated rings. The SMILES string of the molecule is CC(C)(C)NCc1cc(Br)c(OC2C=CCCC2)c(Br)c1. The summed E-state index contributed by atoms with van der Waals surface area (Å²) in [4.78, 5) is 0. The molecule has 0 aromatic heterocycles. The third kappa shape index (κ3) is 5.42. The summed E-state index contributed by atoms with van der Waals surface area (Å²) in [6.45, 7) is 7.35. The van der Waals surface area contributed by atoms with Crippen molar-refractivity contribution in [2.75, 3.05) is 0 Å². The first-order valence-electron chi connectivity index (χ1n) is 7.41. The first-order valence-corrected chi connectivity index (χ1v) is 9.00. The van der Waals surface area contributed by atoms with Crippen molar-refractivity contribution in [2.45, 2.75) is 58.2 Å². The van der Waals surface area contributed by atoms with Gasteiger partial charge in [0.05, 0.1) is 8.95 Å². The minimum atomic E-state index is 0.112. The lowest BCUT2D eigenvalue weighted by Gasteiger charge is -2.22. The Balaban J connectivity index is 2.09. The predicted molar refractivity (Wildman–Crippen MR) is 95.8 cm³/mol. The molecule has 0 bridgehead atoms. The maximum Gasteiger partial charge on any atom is 0.148 e. The van der Waals surface area contributed by atoms with E-state index in [9.17, 15) is 0 Å². The smallest absolute Gasteiger partial charge is 0.148 e. The van der Waals surface area contributed by atoms with Gasteiger partial charge in [-0.05, 0) is 95.7 Å². The van der Waals surface area contributed by atoms with Crippen LogP contribution in [0.2, 0.25) is 0 Å². The highest BCUT2D eigenvalue weighted by Crippen LogP contribution is 2.36. The van der Waals surface area contributed by atoms with Crippen molar-refractivity contribution < 1.29 is 4.74 Å². The standard InChI is InChI=1S/C17H23Br2NO/c1-17(2,3)20-11-12-9-14(18)16(15(19)10-12)21-13-7-5-4-6-8-13/h5,7,9-10,13,20H,4,6,8,11H2,1-3H3. The highest BCUT2D eigenvalue weighted by atomic mass is 79.9. The van der Waals surface area contributed by atoms with Gasteiger partial charge in [0, 0.05) is 12.1 Å². The van der Waals surface area contributed by atoms with Crippen LogP contribution in [-0.2, 0) is 6.54 Å². The van der Waals surface area contributed by atoms with Gasteiger partial charge in [-0.2, -0.15) is 0 Å². The molecule has 0 saturated carbocycles. The van der Waals surface area contributed by atoms with Gasteiger partial charge in [0.1, 0.15) is 11.9 Å². The molecule has 2 nitrogen and oxygen atoms in total. The number of hydrogen-bond donors (Lipinski definition) is 1. The van der Waals surface area contributed by atoms with Crippen LogP contribution in [0.25, 0.3) is 0 Å². The van der Waals surface area contributed by atoms with Crippen molar-refractivity contribution >= 4 is 31.9 Å². The molecule has 1 unspecified atom stereocenters. The minimum absolute atomic E-state index is 0.112. The number of benzene rings is 1. The van der Waals surface area contributed by atoms with E-state index in [4.69, 9.17) is 4.74 Å². The molecule has 1 atom stereocenters. The van der Waals surface area contributed by atoms with Gasteiger partial charge in [-0.25, -0.2) is 0 Å². The quantitative estimate of drug-likeness (QED) is 0.646. The molecule has 0 aliphatic heterocycles. The fourth-order valence-electron chi connectivity index (χ4n) is 2.22. The van der Waals surface area contributed by atoms with E-state index in [2.05, 4.69) is 82.2 Å². The summed E-state index contributed by atoms with van der Waals surface area (Å²) in [6, 6.07) is 4.26. The lowest BCUT2D eigenvalue weighted by atomic mass is 10.1. The van der Waals surface area contributed by atoms with Crippen LogP contribution in [0.5, 0.6) is 5.75 Å². The molecule has 1 aromatic carbocycles. The second kappa shape index (κ2) is 7.30. The van der Waals surface area contributed by atoms with Crippen molar-refractivity contribution in [3.05, 3.63) is 38.8 Å². The molecule has 21 heavy (non-hydrogen) atoms. The van der Waals surface area contributed by atoms with Crippen molar-refractivity contribution in [1.82, 2.24) is 5.32 Å². The molecular formula is C17H23Br2NO.